The highest BCUT2D eigenvalue weighted by atomic mass is 19.2. The molecule has 0 amide bonds. The van der Waals surface area contributed by atoms with Crippen LogP contribution in [0.5, 0.6) is 0 Å². The quantitative estimate of drug-likeness (QED) is 0.318. The van der Waals surface area contributed by atoms with Crippen molar-refractivity contribution in [2.45, 2.75) is 19.8 Å². The fraction of sp³-hybridized carbons (Fsp3) is 0.136. The molecule has 0 bridgehead atoms. The molecule has 0 aliphatic rings. The second kappa shape index (κ2) is 8.51. The van der Waals surface area contributed by atoms with Gasteiger partial charge in [0.1, 0.15) is 11.6 Å². The Morgan fingerprint density at radius 3 is 2.07 bits per heavy atom. The molecular formula is C22H15F6N. The SMILES string of the molecule is CCCC(F)=C(F)c1ccc(-c2ccc(-c3cc(F)c(F)c(F)c3)nc2)c(F)c1. The standard InChI is InChI=1S/C22H15F6N/c1-2-3-16(23)21(27)12-4-6-15(17(24)8-12)13-5-7-20(29-11-13)14-9-18(25)22(28)19(26)10-14/h4-11H,2-3H2,1H3. The Balaban J connectivity index is 1.92. The van der Waals surface area contributed by atoms with Gasteiger partial charge in [0.25, 0.3) is 0 Å². The zero-order valence-corrected chi connectivity index (χ0v) is 15.2. The Morgan fingerprint density at radius 1 is 0.828 bits per heavy atom. The van der Waals surface area contributed by atoms with E-state index in [1.165, 1.54) is 30.5 Å². The molecule has 0 atom stereocenters. The van der Waals surface area contributed by atoms with Crippen LogP contribution in [0.2, 0.25) is 0 Å². The maximum Gasteiger partial charge on any atom is 0.194 e. The minimum Gasteiger partial charge on any atom is -0.256 e. The van der Waals surface area contributed by atoms with Crippen LogP contribution in [0.1, 0.15) is 25.3 Å². The van der Waals surface area contributed by atoms with Crippen LogP contribution in [0.15, 0.2) is 54.5 Å². The zero-order valence-electron chi connectivity index (χ0n) is 15.2. The van der Waals surface area contributed by atoms with Gasteiger partial charge in [-0.2, -0.15) is 0 Å². The van der Waals surface area contributed by atoms with Gasteiger partial charge < -0.3 is 0 Å². The van der Waals surface area contributed by atoms with Crippen LogP contribution in [0, 0.1) is 23.3 Å². The van der Waals surface area contributed by atoms with Crippen molar-refractivity contribution in [2.75, 3.05) is 0 Å². The summed E-state index contributed by atoms with van der Waals surface area (Å²) in [7, 11) is 0. The lowest BCUT2D eigenvalue weighted by Crippen LogP contribution is -1.94. The van der Waals surface area contributed by atoms with E-state index in [1.54, 1.807) is 6.92 Å². The zero-order chi connectivity index (χ0) is 21.1. The first-order chi connectivity index (χ1) is 13.8. The van der Waals surface area contributed by atoms with Crippen molar-refractivity contribution >= 4 is 5.83 Å². The van der Waals surface area contributed by atoms with Gasteiger partial charge in [-0.05, 0) is 30.7 Å². The maximum absolute atomic E-state index is 14.4. The summed E-state index contributed by atoms with van der Waals surface area (Å²) in [5.74, 6) is -7.11. The van der Waals surface area contributed by atoms with Crippen molar-refractivity contribution < 1.29 is 26.3 Å². The molecule has 0 aliphatic carbocycles. The van der Waals surface area contributed by atoms with Crippen molar-refractivity contribution in [1.82, 2.24) is 4.98 Å². The molecular weight excluding hydrogens is 392 g/mol. The number of halogens is 6. The van der Waals surface area contributed by atoms with Crippen LogP contribution in [-0.2, 0) is 0 Å². The minimum absolute atomic E-state index is 0.0161. The summed E-state index contributed by atoms with van der Waals surface area (Å²) in [4.78, 5) is 4.02. The van der Waals surface area contributed by atoms with E-state index in [4.69, 9.17) is 0 Å². The minimum atomic E-state index is -1.58. The second-order valence-corrected chi connectivity index (χ2v) is 6.35. The summed E-state index contributed by atoms with van der Waals surface area (Å²) in [6.07, 6.45) is 1.60. The molecule has 0 unspecified atom stereocenters. The molecule has 0 fully saturated rings. The molecule has 1 heterocycles. The molecule has 150 valence electrons. The predicted octanol–water partition coefficient (Wildman–Crippen LogP) is 7.38. The van der Waals surface area contributed by atoms with E-state index < -0.39 is 34.9 Å². The van der Waals surface area contributed by atoms with Crippen LogP contribution in [-0.4, -0.2) is 4.98 Å². The molecule has 0 saturated heterocycles. The van der Waals surface area contributed by atoms with Gasteiger partial charge >= 0.3 is 0 Å². The molecule has 7 heteroatoms. The van der Waals surface area contributed by atoms with Crippen LogP contribution in [0.4, 0.5) is 26.3 Å². The third kappa shape index (κ3) is 4.34. The largest absolute Gasteiger partial charge is 0.256 e. The second-order valence-electron chi connectivity index (χ2n) is 6.35. The monoisotopic (exact) mass is 407 g/mol. The first-order valence-electron chi connectivity index (χ1n) is 8.77. The molecule has 0 N–H and O–H groups in total. The van der Waals surface area contributed by atoms with E-state index in [-0.39, 0.29) is 28.8 Å². The number of nitrogens with zero attached hydrogens (tertiary/aromatic N) is 1. The summed E-state index contributed by atoms with van der Waals surface area (Å²) >= 11 is 0. The average Bonchev–Trinajstić information content (AvgIpc) is 2.71. The van der Waals surface area contributed by atoms with Gasteiger partial charge in [-0.25, -0.2) is 26.3 Å². The highest BCUT2D eigenvalue weighted by Gasteiger charge is 2.15. The Morgan fingerprint density at radius 2 is 1.52 bits per heavy atom. The van der Waals surface area contributed by atoms with Crippen LogP contribution in [0.3, 0.4) is 0 Å². The van der Waals surface area contributed by atoms with Crippen LogP contribution in [0.25, 0.3) is 28.2 Å². The number of allylic oxidation sites excluding steroid dienone is 1. The van der Waals surface area contributed by atoms with Crippen molar-refractivity contribution in [1.29, 1.82) is 0 Å². The van der Waals surface area contributed by atoms with E-state index in [9.17, 15) is 26.3 Å². The third-order valence-corrected chi connectivity index (χ3v) is 4.28. The molecule has 0 aliphatic heterocycles. The number of rotatable bonds is 5. The van der Waals surface area contributed by atoms with E-state index in [0.717, 1.165) is 18.2 Å². The third-order valence-electron chi connectivity index (χ3n) is 4.28. The van der Waals surface area contributed by atoms with Crippen LogP contribution >= 0.6 is 0 Å². The lowest BCUT2D eigenvalue weighted by atomic mass is 10.0. The Kier molecular flexibility index (Phi) is 6.06. The van der Waals surface area contributed by atoms with Crippen LogP contribution < -0.4 is 0 Å². The first-order valence-corrected chi connectivity index (χ1v) is 8.77. The number of hydrogen-bond donors (Lipinski definition) is 0. The fourth-order valence-corrected chi connectivity index (χ4v) is 2.80. The molecule has 29 heavy (non-hydrogen) atoms. The molecule has 1 nitrogen and oxygen atoms in total. The maximum atomic E-state index is 14.4. The topological polar surface area (TPSA) is 12.9 Å². The lowest BCUT2D eigenvalue weighted by Gasteiger charge is -2.08. The van der Waals surface area contributed by atoms with Crippen molar-refractivity contribution in [3.05, 3.63) is 83.3 Å². The molecule has 0 radical (unpaired) electrons. The molecule has 0 saturated carbocycles. The van der Waals surface area contributed by atoms with E-state index >= 15 is 0 Å². The summed E-state index contributed by atoms with van der Waals surface area (Å²) in [6.45, 7) is 1.70. The smallest absolute Gasteiger partial charge is 0.194 e. The molecule has 2 aromatic carbocycles. The highest BCUT2D eigenvalue weighted by molar-refractivity contribution is 5.70. The summed E-state index contributed by atoms with van der Waals surface area (Å²) in [5, 5.41) is 0. The van der Waals surface area contributed by atoms with Gasteiger partial charge in [0, 0.05) is 34.9 Å². The van der Waals surface area contributed by atoms with Gasteiger partial charge in [-0.15, -0.1) is 0 Å². The molecule has 3 rings (SSSR count). The van der Waals surface area contributed by atoms with E-state index in [0.29, 0.717) is 12.0 Å². The summed E-state index contributed by atoms with van der Waals surface area (Å²) < 4.78 is 81.9. The molecule has 1 aromatic heterocycles. The number of benzene rings is 2. The molecule has 3 aromatic rings. The predicted molar refractivity (Wildman–Crippen MR) is 99.0 cm³/mol. The number of pyridine rings is 1. The van der Waals surface area contributed by atoms with Crippen molar-refractivity contribution in [3.63, 3.8) is 0 Å². The van der Waals surface area contributed by atoms with Gasteiger partial charge in [0.2, 0.25) is 0 Å². The lowest BCUT2D eigenvalue weighted by molar-refractivity contribution is 0.447. The van der Waals surface area contributed by atoms with Gasteiger partial charge in [-0.3, -0.25) is 4.98 Å². The Hall–Kier alpha value is -3.09. The van der Waals surface area contributed by atoms with E-state index in [1.807, 2.05) is 0 Å². The number of aromatic nitrogens is 1. The average molecular weight is 407 g/mol. The Bertz CT molecular complexity index is 1050. The highest BCUT2D eigenvalue weighted by Crippen LogP contribution is 2.30. The normalized spacial score (nSPS) is 12.1. The van der Waals surface area contributed by atoms with Crippen molar-refractivity contribution in [2.24, 2.45) is 0 Å². The van der Waals surface area contributed by atoms with Gasteiger partial charge in [0.15, 0.2) is 23.3 Å². The van der Waals surface area contributed by atoms with Gasteiger partial charge in [-0.1, -0.05) is 25.1 Å². The van der Waals surface area contributed by atoms with Gasteiger partial charge in [0.05, 0.1) is 5.69 Å². The van der Waals surface area contributed by atoms with E-state index in [2.05, 4.69) is 4.98 Å². The Labute approximate surface area is 163 Å². The fourth-order valence-electron chi connectivity index (χ4n) is 2.80. The first kappa shape index (κ1) is 20.6. The summed E-state index contributed by atoms with van der Waals surface area (Å²) in [5.41, 5.74) is 0.368. The molecule has 0 spiro atoms. The number of hydrogen-bond acceptors (Lipinski definition) is 1. The summed E-state index contributed by atoms with van der Waals surface area (Å²) in [6, 6.07) is 7.86. The van der Waals surface area contributed by atoms with Crippen molar-refractivity contribution in [3.8, 4) is 22.4 Å².